The minimum absolute atomic E-state index is 0.107. The maximum atomic E-state index is 11.4. The van der Waals surface area contributed by atoms with E-state index < -0.39 is 0 Å². The van der Waals surface area contributed by atoms with Gasteiger partial charge in [0.2, 0.25) is 0 Å². The maximum absolute atomic E-state index is 11.4. The van der Waals surface area contributed by atoms with Crippen molar-refractivity contribution in [3.63, 3.8) is 0 Å². The Morgan fingerprint density at radius 1 is 1.52 bits per heavy atom. The van der Waals surface area contributed by atoms with Crippen molar-refractivity contribution < 1.29 is 9.53 Å². The Balaban J connectivity index is 2.58. The first-order chi connectivity index (χ1) is 10.1. The Bertz CT molecular complexity index is 511. The molecular weight excluding hydrogens is 288 g/mol. The van der Waals surface area contributed by atoms with Crippen molar-refractivity contribution >= 4 is 17.5 Å². The summed E-state index contributed by atoms with van der Waals surface area (Å²) in [7, 11) is 0. The number of benzene rings is 1. The Hall–Kier alpha value is -1.70. The molecule has 0 aliphatic rings. The Morgan fingerprint density at radius 2 is 2.29 bits per heavy atom. The third-order valence-corrected chi connectivity index (χ3v) is 3.20. The van der Waals surface area contributed by atoms with E-state index in [1.807, 2.05) is 12.1 Å². The predicted molar refractivity (Wildman–Crippen MR) is 85.5 cm³/mol. The van der Waals surface area contributed by atoms with E-state index in [1.165, 1.54) is 0 Å². The number of terminal acetylenes is 1. The van der Waals surface area contributed by atoms with Crippen LogP contribution in [0.25, 0.3) is 0 Å². The first-order valence-corrected chi connectivity index (χ1v) is 7.32. The smallest absolute Gasteiger partial charge is 0.258 e. The van der Waals surface area contributed by atoms with Gasteiger partial charge in [0, 0.05) is 6.04 Å². The molecule has 1 aromatic carbocycles. The molecule has 0 bridgehead atoms. The van der Waals surface area contributed by atoms with Crippen molar-refractivity contribution in [3.05, 3.63) is 28.8 Å². The summed E-state index contributed by atoms with van der Waals surface area (Å²) in [4.78, 5) is 11.4. The predicted octanol–water partition coefficient (Wildman–Crippen LogP) is 2.53. The first-order valence-electron chi connectivity index (χ1n) is 6.94. The second-order valence-electron chi connectivity index (χ2n) is 4.64. The van der Waals surface area contributed by atoms with E-state index >= 15 is 0 Å². The zero-order valence-electron chi connectivity index (χ0n) is 12.4. The van der Waals surface area contributed by atoms with Gasteiger partial charge in [-0.2, -0.15) is 0 Å². The molecule has 1 amide bonds. The molecule has 0 saturated carbocycles. The van der Waals surface area contributed by atoms with Gasteiger partial charge in [0.05, 0.1) is 11.6 Å². The standard InChI is InChI=1S/C16H21ClN2O2/c1-4-8-18-12(3)13-6-7-15(14(17)10-13)21-11-16(20)19-9-5-2/h2,6-7,10,12,18H,4,8-9,11H2,1,3H3,(H,19,20). The molecule has 0 fully saturated rings. The fraction of sp³-hybridized carbons (Fsp3) is 0.438. The molecule has 1 rings (SSSR count). The molecule has 5 heteroatoms. The highest BCUT2D eigenvalue weighted by molar-refractivity contribution is 6.32. The number of carbonyl (C=O) groups excluding carboxylic acids is 1. The highest BCUT2D eigenvalue weighted by Crippen LogP contribution is 2.27. The lowest BCUT2D eigenvalue weighted by atomic mass is 10.1. The van der Waals surface area contributed by atoms with E-state index in [4.69, 9.17) is 22.8 Å². The first kappa shape index (κ1) is 17.4. The second kappa shape index (κ2) is 9.28. The molecular formula is C16H21ClN2O2. The lowest BCUT2D eigenvalue weighted by Crippen LogP contribution is -2.29. The number of nitrogens with one attached hydrogen (secondary N) is 2. The lowest BCUT2D eigenvalue weighted by Gasteiger charge is -2.15. The summed E-state index contributed by atoms with van der Waals surface area (Å²) in [5.74, 6) is 2.54. The zero-order valence-corrected chi connectivity index (χ0v) is 13.2. The van der Waals surface area contributed by atoms with Gasteiger partial charge in [-0.25, -0.2) is 0 Å². The number of hydrogen-bond acceptors (Lipinski definition) is 3. The molecule has 0 aliphatic heterocycles. The molecule has 1 aromatic rings. The van der Waals surface area contributed by atoms with Gasteiger partial charge in [0.1, 0.15) is 5.75 Å². The van der Waals surface area contributed by atoms with Gasteiger partial charge in [-0.05, 0) is 37.6 Å². The third-order valence-electron chi connectivity index (χ3n) is 2.90. The number of rotatable bonds is 8. The van der Waals surface area contributed by atoms with Gasteiger partial charge in [0.25, 0.3) is 5.91 Å². The number of carbonyl (C=O) groups is 1. The Kier molecular flexibility index (Phi) is 7.66. The van der Waals surface area contributed by atoms with Crippen LogP contribution in [0.4, 0.5) is 0 Å². The summed E-state index contributed by atoms with van der Waals surface area (Å²) in [6, 6.07) is 5.78. The van der Waals surface area contributed by atoms with Crippen LogP contribution < -0.4 is 15.4 Å². The number of amides is 1. The Labute approximate surface area is 131 Å². The highest BCUT2D eigenvalue weighted by Gasteiger charge is 2.09. The largest absolute Gasteiger partial charge is 0.482 e. The molecule has 0 spiro atoms. The van der Waals surface area contributed by atoms with Gasteiger partial charge >= 0.3 is 0 Å². The van der Waals surface area contributed by atoms with Crippen molar-refractivity contribution in [3.8, 4) is 18.1 Å². The van der Waals surface area contributed by atoms with Crippen LogP contribution in [-0.4, -0.2) is 25.6 Å². The monoisotopic (exact) mass is 308 g/mol. The van der Waals surface area contributed by atoms with Crippen molar-refractivity contribution in [1.29, 1.82) is 0 Å². The number of halogens is 1. The third kappa shape index (κ3) is 6.07. The fourth-order valence-electron chi connectivity index (χ4n) is 1.73. The van der Waals surface area contributed by atoms with Gasteiger partial charge in [-0.1, -0.05) is 30.5 Å². The molecule has 1 unspecified atom stereocenters. The van der Waals surface area contributed by atoms with E-state index in [1.54, 1.807) is 6.07 Å². The van der Waals surface area contributed by atoms with Crippen molar-refractivity contribution in [2.75, 3.05) is 19.7 Å². The Morgan fingerprint density at radius 3 is 2.90 bits per heavy atom. The average molecular weight is 309 g/mol. The van der Waals surface area contributed by atoms with Gasteiger partial charge < -0.3 is 15.4 Å². The molecule has 0 aromatic heterocycles. The van der Waals surface area contributed by atoms with Crippen LogP contribution in [0.15, 0.2) is 18.2 Å². The van der Waals surface area contributed by atoms with Crippen LogP contribution in [0.2, 0.25) is 5.02 Å². The maximum Gasteiger partial charge on any atom is 0.258 e. The summed E-state index contributed by atoms with van der Waals surface area (Å²) in [6.45, 7) is 5.23. The fourth-order valence-corrected chi connectivity index (χ4v) is 1.97. The van der Waals surface area contributed by atoms with Gasteiger partial charge in [-0.15, -0.1) is 6.42 Å². The van der Waals surface area contributed by atoms with Crippen LogP contribution in [-0.2, 0) is 4.79 Å². The topological polar surface area (TPSA) is 50.4 Å². The number of ether oxygens (including phenoxy) is 1. The molecule has 21 heavy (non-hydrogen) atoms. The van der Waals surface area contributed by atoms with Crippen molar-refractivity contribution in [1.82, 2.24) is 10.6 Å². The van der Waals surface area contributed by atoms with Gasteiger partial charge in [-0.3, -0.25) is 4.79 Å². The summed E-state index contributed by atoms with van der Waals surface area (Å²) < 4.78 is 5.38. The van der Waals surface area contributed by atoms with Crippen LogP contribution in [0.3, 0.4) is 0 Å². The lowest BCUT2D eigenvalue weighted by molar-refractivity contribution is -0.122. The van der Waals surface area contributed by atoms with Crippen LogP contribution in [0, 0.1) is 12.3 Å². The molecule has 0 aliphatic carbocycles. The summed E-state index contributed by atoms with van der Waals surface area (Å²) in [5.41, 5.74) is 1.08. The SMILES string of the molecule is C#CCNC(=O)COc1ccc(C(C)NCCC)cc1Cl. The van der Waals surface area contributed by atoms with Crippen LogP contribution in [0.1, 0.15) is 31.9 Å². The summed E-state index contributed by atoms with van der Waals surface area (Å²) in [5, 5.41) is 6.40. The molecule has 1 atom stereocenters. The van der Waals surface area contributed by atoms with Crippen LogP contribution in [0.5, 0.6) is 5.75 Å². The molecule has 0 saturated heterocycles. The molecule has 114 valence electrons. The summed E-state index contributed by atoms with van der Waals surface area (Å²) >= 11 is 6.18. The van der Waals surface area contributed by atoms with E-state index in [0.717, 1.165) is 18.5 Å². The minimum atomic E-state index is -0.272. The van der Waals surface area contributed by atoms with Crippen molar-refractivity contribution in [2.45, 2.75) is 26.3 Å². The van der Waals surface area contributed by atoms with Gasteiger partial charge in [0.15, 0.2) is 6.61 Å². The molecule has 2 N–H and O–H groups in total. The zero-order chi connectivity index (χ0) is 15.7. The average Bonchev–Trinajstić information content (AvgIpc) is 2.49. The number of hydrogen-bond donors (Lipinski definition) is 2. The minimum Gasteiger partial charge on any atom is -0.482 e. The van der Waals surface area contributed by atoms with E-state index in [9.17, 15) is 4.79 Å². The van der Waals surface area contributed by atoms with E-state index in [0.29, 0.717) is 10.8 Å². The van der Waals surface area contributed by atoms with Crippen LogP contribution >= 0.6 is 11.6 Å². The molecule has 4 nitrogen and oxygen atoms in total. The highest BCUT2D eigenvalue weighted by atomic mass is 35.5. The normalized spacial score (nSPS) is 11.5. The molecule has 0 heterocycles. The van der Waals surface area contributed by atoms with E-state index in [2.05, 4.69) is 30.4 Å². The van der Waals surface area contributed by atoms with Crippen molar-refractivity contribution in [2.24, 2.45) is 0 Å². The quantitative estimate of drug-likeness (QED) is 0.726. The molecule has 0 radical (unpaired) electrons. The van der Waals surface area contributed by atoms with E-state index in [-0.39, 0.29) is 25.1 Å². The second-order valence-corrected chi connectivity index (χ2v) is 5.04. The summed E-state index contributed by atoms with van der Waals surface area (Å²) in [6.07, 6.45) is 6.13.